The Hall–Kier alpha value is -2.67. The highest BCUT2D eigenvalue weighted by Gasteiger charge is 2.28. The first kappa shape index (κ1) is 18.7. The zero-order valence-electron chi connectivity index (χ0n) is 16.0. The number of nitrogens with one attached hydrogen (secondary N) is 1. The van der Waals surface area contributed by atoms with Crippen molar-refractivity contribution < 1.29 is 9.53 Å². The Balaban J connectivity index is 1.70. The molecule has 1 saturated heterocycles. The lowest BCUT2D eigenvalue weighted by atomic mass is 9.98. The Morgan fingerprint density at radius 3 is 2.89 bits per heavy atom. The summed E-state index contributed by atoms with van der Waals surface area (Å²) in [5.41, 5.74) is 3.77. The number of aromatic amines is 1. The minimum absolute atomic E-state index is 0.137. The lowest BCUT2D eigenvalue weighted by Crippen LogP contribution is -2.40. The van der Waals surface area contributed by atoms with Crippen LogP contribution >= 0.6 is 11.3 Å². The van der Waals surface area contributed by atoms with Crippen LogP contribution in [0, 0.1) is 12.8 Å². The number of ether oxygens (including phenoxy) is 1. The third-order valence-electron chi connectivity index (χ3n) is 5.12. The Kier molecular flexibility index (Phi) is 5.17. The molecule has 1 aliphatic heterocycles. The number of hydrogen-bond acceptors (Lipinski definition) is 6. The molecule has 6 nitrogen and oxygen atoms in total. The summed E-state index contributed by atoms with van der Waals surface area (Å²) in [4.78, 5) is 34.5. The van der Waals surface area contributed by atoms with Crippen molar-refractivity contribution >= 4 is 33.5 Å². The molecule has 1 N–H and O–H groups in total. The van der Waals surface area contributed by atoms with Crippen molar-refractivity contribution in [1.29, 1.82) is 0 Å². The van der Waals surface area contributed by atoms with Gasteiger partial charge in [-0.2, -0.15) is 0 Å². The topological polar surface area (TPSA) is 75.3 Å². The second kappa shape index (κ2) is 7.75. The molecule has 1 atom stereocenters. The minimum atomic E-state index is -0.186. The molecule has 0 radical (unpaired) electrons. The van der Waals surface area contributed by atoms with E-state index in [1.165, 1.54) is 16.9 Å². The zero-order valence-corrected chi connectivity index (χ0v) is 16.8. The summed E-state index contributed by atoms with van der Waals surface area (Å²) in [6.45, 7) is 5.51. The monoisotopic (exact) mass is 397 g/mol. The van der Waals surface area contributed by atoms with E-state index < -0.39 is 0 Å². The fraction of sp³-hybridized carbons (Fsp3) is 0.381. The van der Waals surface area contributed by atoms with E-state index in [1.54, 1.807) is 0 Å². The SMILES string of the molecule is CCOC(=O)[C@@H]1CCCN(c2nc3c(-c4ccc(C)cc4)csc3c(=O)[nH]2)C1. The fourth-order valence-corrected chi connectivity index (χ4v) is 4.53. The van der Waals surface area contributed by atoms with Gasteiger partial charge in [-0.25, -0.2) is 4.98 Å². The number of anilines is 1. The van der Waals surface area contributed by atoms with E-state index in [0.717, 1.165) is 30.5 Å². The van der Waals surface area contributed by atoms with E-state index in [9.17, 15) is 9.59 Å². The maximum absolute atomic E-state index is 12.7. The predicted molar refractivity (Wildman–Crippen MR) is 112 cm³/mol. The minimum Gasteiger partial charge on any atom is -0.466 e. The lowest BCUT2D eigenvalue weighted by molar-refractivity contribution is -0.148. The molecule has 0 saturated carbocycles. The van der Waals surface area contributed by atoms with Crippen molar-refractivity contribution in [1.82, 2.24) is 9.97 Å². The van der Waals surface area contributed by atoms with Gasteiger partial charge in [-0.05, 0) is 32.3 Å². The molecular formula is C21H23N3O3S. The van der Waals surface area contributed by atoms with Crippen molar-refractivity contribution in [2.45, 2.75) is 26.7 Å². The number of aromatic nitrogens is 2. The van der Waals surface area contributed by atoms with E-state index in [4.69, 9.17) is 9.72 Å². The summed E-state index contributed by atoms with van der Waals surface area (Å²) in [6, 6.07) is 8.22. The zero-order chi connectivity index (χ0) is 19.7. The Morgan fingerprint density at radius 2 is 2.14 bits per heavy atom. The van der Waals surface area contributed by atoms with Gasteiger partial charge >= 0.3 is 5.97 Å². The normalized spacial score (nSPS) is 17.1. The van der Waals surface area contributed by atoms with Crippen LogP contribution in [0.3, 0.4) is 0 Å². The number of nitrogens with zero attached hydrogens (tertiary/aromatic N) is 2. The number of rotatable bonds is 4. The molecule has 2 aromatic heterocycles. The van der Waals surface area contributed by atoms with Crippen molar-refractivity contribution in [2.75, 3.05) is 24.6 Å². The van der Waals surface area contributed by atoms with Crippen LogP contribution in [0.4, 0.5) is 5.95 Å². The molecule has 0 amide bonds. The van der Waals surface area contributed by atoms with E-state index in [0.29, 0.717) is 29.3 Å². The quantitative estimate of drug-likeness (QED) is 0.679. The number of carbonyl (C=O) groups excluding carboxylic acids is 1. The highest BCUT2D eigenvalue weighted by Crippen LogP contribution is 2.32. The van der Waals surface area contributed by atoms with Crippen LogP contribution in [-0.4, -0.2) is 35.6 Å². The molecule has 1 fully saturated rings. The first-order valence-corrected chi connectivity index (χ1v) is 10.4. The van der Waals surface area contributed by atoms with Crippen LogP contribution in [-0.2, 0) is 9.53 Å². The summed E-state index contributed by atoms with van der Waals surface area (Å²) in [6.07, 6.45) is 1.66. The van der Waals surface area contributed by atoms with Gasteiger partial charge in [0.1, 0.15) is 4.70 Å². The third-order valence-corrected chi connectivity index (χ3v) is 6.09. The number of esters is 1. The molecule has 7 heteroatoms. The summed E-state index contributed by atoms with van der Waals surface area (Å²) in [5.74, 6) is 0.165. The van der Waals surface area contributed by atoms with E-state index in [1.807, 2.05) is 24.1 Å². The first-order chi connectivity index (χ1) is 13.6. The molecule has 146 valence electrons. The maximum Gasteiger partial charge on any atom is 0.310 e. The largest absolute Gasteiger partial charge is 0.466 e. The van der Waals surface area contributed by atoms with Gasteiger partial charge in [0.25, 0.3) is 5.56 Å². The van der Waals surface area contributed by atoms with Crippen molar-refractivity contribution in [2.24, 2.45) is 5.92 Å². The van der Waals surface area contributed by atoms with Crippen molar-refractivity contribution in [3.8, 4) is 11.1 Å². The van der Waals surface area contributed by atoms with Gasteiger partial charge in [0.05, 0.1) is 18.0 Å². The second-order valence-corrected chi connectivity index (χ2v) is 8.00. The van der Waals surface area contributed by atoms with Gasteiger partial charge in [-0.15, -0.1) is 11.3 Å². The van der Waals surface area contributed by atoms with Gasteiger partial charge in [0, 0.05) is 24.0 Å². The van der Waals surface area contributed by atoms with Gasteiger partial charge in [0.2, 0.25) is 5.95 Å². The van der Waals surface area contributed by atoms with E-state index >= 15 is 0 Å². The molecule has 3 aromatic rings. The van der Waals surface area contributed by atoms with Crippen LogP contribution in [0.15, 0.2) is 34.4 Å². The standard InChI is InChI=1S/C21H23N3O3S/c1-3-27-20(26)15-5-4-10-24(11-15)21-22-17-16(12-28-18(17)19(25)23-21)14-8-6-13(2)7-9-14/h6-9,12,15H,3-5,10-11H2,1-2H3,(H,22,23,25)/t15-/m1/s1. The van der Waals surface area contributed by atoms with Crippen LogP contribution in [0.1, 0.15) is 25.3 Å². The van der Waals surface area contributed by atoms with Crippen LogP contribution in [0.25, 0.3) is 21.3 Å². The smallest absolute Gasteiger partial charge is 0.310 e. The second-order valence-electron chi connectivity index (χ2n) is 7.12. The van der Waals surface area contributed by atoms with Gasteiger partial charge < -0.3 is 9.64 Å². The molecule has 3 heterocycles. The number of fused-ring (bicyclic) bond motifs is 1. The Bertz CT molecular complexity index is 1050. The Labute approximate surface area is 167 Å². The van der Waals surface area contributed by atoms with Gasteiger partial charge in [-0.3, -0.25) is 14.6 Å². The number of piperidine rings is 1. The molecule has 1 aromatic carbocycles. The highest BCUT2D eigenvalue weighted by molar-refractivity contribution is 7.17. The number of aryl methyl sites for hydroxylation is 1. The van der Waals surface area contributed by atoms with Crippen LogP contribution < -0.4 is 10.5 Å². The van der Waals surface area contributed by atoms with E-state index in [2.05, 4.69) is 29.2 Å². The van der Waals surface area contributed by atoms with Crippen molar-refractivity contribution in [3.63, 3.8) is 0 Å². The van der Waals surface area contributed by atoms with Gasteiger partial charge in [-0.1, -0.05) is 29.8 Å². The molecule has 1 aliphatic rings. The van der Waals surface area contributed by atoms with Gasteiger partial charge in [0.15, 0.2) is 0 Å². The molecule has 0 unspecified atom stereocenters. The fourth-order valence-electron chi connectivity index (χ4n) is 3.63. The third kappa shape index (κ3) is 3.54. The Morgan fingerprint density at radius 1 is 1.36 bits per heavy atom. The highest BCUT2D eigenvalue weighted by atomic mass is 32.1. The summed E-state index contributed by atoms with van der Waals surface area (Å²) in [7, 11) is 0. The van der Waals surface area contributed by atoms with Crippen LogP contribution in [0.5, 0.6) is 0 Å². The summed E-state index contributed by atoms with van der Waals surface area (Å²) < 4.78 is 5.80. The van der Waals surface area contributed by atoms with E-state index in [-0.39, 0.29) is 17.4 Å². The van der Waals surface area contributed by atoms with Crippen molar-refractivity contribution in [3.05, 3.63) is 45.6 Å². The van der Waals surface area contributed by atoms with Crippen LogP contribution in [0.2, 0.25) is 0 Å². The summed E-state index contributed by atoms with van der Waals surface area (Å²) in [5, 5.41) is 1.99. The molecule has 0 spiro atoms. The molecule has 4 rings (SSSR count). The predicted octanol–water partition coefficient (Wildman–Crippen LogP) is 3.74. The molecule has 28 heavy (non-hydrogen) atoms. The number of benzene rings is 1. The number of carbonyl (C=O) groups is 1. The number of thiophene rings is 1. The average Bonchev–Trinajstić information content (AvgIpc) is 3.13. The molecular weight excluding hydrogens is 374 g/mol. The first-order valence-electron chi connectivity index (χ1n) is 9.57. The average molecular weight is 398 g/mol. The number of H-pyrrole nitrogens is 1. The molecule has 0 aliphatic carbocycles. The lowest BCUT2D eigenvalue weighted by Gasteiger charge is -2.31. The maximum atomic E-state index is 12.7. The molecule has 0 bridgehead atoms. The summed E-state index contributed by atoms with van der Waals surface area (Å²) >= 11 is 1.41. The number of hydrogen-bond donors (Lipinski definition) is 1.